The quantitative estimate of drug-likeness (QED) is 0.478. The molecule has 0 aliphatic heterocycles. The van der Waals surface area contributed by atoms with E-state index in [9.17, 15) is 29.0 Å². The molecule has 25 heavy (non-hydrogen) atoms. The van der Waals surface area contributed by atoms with Gasteiger partial charge in [0.2, 0.25) is 0 Å². The van der Waals surface area contributed by atoms with Crippen molar-refractivity contribution in [2.24, 2.45) is 5.92 Å². The van der Waals surface area contributed by atoms with Gasteiger partial charge in [0.15, 0.2) is 0 Å². The molecule has 1 aliphatic carbocycles. The summed E-state index contributed by atoms with van der Waals surface area (Å²) in [6, 6.07) is 2.42. The average Bonchev–Trinajstić information content (AvgIpc) is 2.45. The van der Waals surface area contributed by atoms with Crippen molar-refractivity contribution in [3.05, 3.63) is 29.8 Å². The second kappa shape index (κ2) is 5.96. The molecule has 9 heteroatoms. The summed E-state index contributed by atoms with van der Waals surface area (Å²) in [4.78, 5) is 21.9. The summed E-state index contributed by atoms with van der Waals surface area (Å²) < 4.78 is 68.9. The Balaban J connectivity index is 2.30. The van der Waals surface area contributed by atoms with Crippen LogP contribution in [0.15, 0.2) is 29.2 Å². The Morgan fingerprint density at radius 1 is 1.16 bits per heavy atom. The predicted molar refractivity (Wildman–Crippen MR) is 84.2 cm³/mol. The van der Waals surface area contributed by atoms with Crippen molar-refractivity contribution in [3.8, 4) is 0 Å². The second-order valence-electron chi connectivity index (χ2n) is 6.14. The molecule has 3 nitrogen and oxygen atoms in total. The van der Waals surface area contributed by atoms with Crippen molar-refractivity contribution in [2.45, 2.75) is 43.4 Å². The molecule has 142 valence electrons. The van der Waals surface area contributed by atoms with E-state index >= 15 is 0 Å². The van der Waals surface area contributed by atoms with Crippen LogP contribution in [0.25, 0.3) is 0 Å². The minimum absolute atomic E-state index is 0.0342. The highest BCUT2D eigenvalue weighted by Crippen LogP contribution is 3.02. The topological polar surface area (TPSA) is 43.4 Å². The lowest BCUT2D eigenvalue weighted by atomic mass is 9.73. The summed E-state index contributed by atoms with van der Waals surface area (Å²) in [6.45, 7) is 1.82. The predicted octanol–water partition coefficient (Wildman–Crippen LogP) is 5.75. The van der Waals surface area contributed by atoms with E-state index in [0.29, 0.717) is 25.0 Å². The number of halogens is 5. The van der Waals surface area contributed by atoms with Crippen molar-refractivity contribution in [1.82, 2.24) is 0 Å². The van der Waals surface area contributed by atoms with Crippen molar-refractivity contribution >= 4 is 22.0 Å². The fraction of sp³-hybridized carbons (Fsp3) is 0.500. The molecule has 0 amide bonds. The van der Waals surface area contributed by atoms with E-state index < -0.39 is 32.9 Å². The molecule has 0 unspecified atom stereocenters. The minimum atomic E-state index is -9.74. The summed E-state index contributed by atoms with van der Waals surface area (Å²) in [5.41, 5.74) is 0.213. The molecule has 2 atom stereocenters. The van der Waals surface area contributed by atoms with Gasteiger partial charge in [0.25, 0.3) is 0 Å². The number of carbonyl (C=O) groups is 2. The van der Waals surface area contributed by atoms with Crippen LogP contribution in [0.2, 0.25) is 0 Å². The van der Waals surface area contributed by atoms with E-state index in [1.165, 1.54) is 0 Å². The number of benzene rings is 1. The average molecular weight is 386 g/mol. The van der Waals surface area contributed by atoms with Crippen molar-refractivity contribution < 1.29 is 33.8 Å². The van der Waals surface area contributed by atoms with E-state index in [0.717, 1.165) is 12.1 Å². The first-order valence-electron chi connectivity index (χ1n) is 7.84. The zero-order chi connectivity index (χ0) is 18.9. The molecule has 0 bridgehead atoms. The van der Waals surface area contributed by atoms with E-state index in [-0.39, 0.29) is 30.8 Å². The molecule has 0 spiro atoms. The van der Waals surface area contributed by atoms with Crippen LogP contribution in [0, 0.1) is 5.92 Å². The van der Waals surface area contributed by atoms with Gasteiger partial charge in [-0.3, -0.25) is 9.59 Å². The maximum Gasteiger partial charge on any atom is 0.310 e. The van der Waals surface area contributed by atoms with E-state index in [4.69, 9.17) is 4.74 Å². The van der Waals surface area contributed by atoms with Gasteiger partial charge in [-0.15, -0.1) is 0 Å². The molecule has 2 rings (SSSR count). The summed E-state index contributed by atoms with van der Waals surface area (Å²) in [6.07, 6.45) is 1.32. The maximum atomic E-state index is 12.8. The Bertz CT molecular complexity index is 669. The highest BCUT2D eigenvalue weighted by molar-refractivity contribution is 8.45. The summed E-state index contributed by atoms with van der Waals surface area (Å²) in [7, 11) is -9.74. The number of carbonyl (C=O) groups excluding carboxylic acids is 2. The standard InChI is InChI=1S/C16H19F5O3S/c1-2-24-15(23)10-12-4-3-5-14(22)16(12)11-6-8-13(9-7-11)25(17,18,19,20)21/h6-9,12,16H,2-5,10H2,1H3/t12-,16-/m1/s1. The Labute approximate surface area is 142 Å². The first-order chi connectivity index (χ1) is 11.3. The van der Waals surface area contributed by atoms with Gasteiger partial charge in [0.1, 0.15) is 10.7 Å². The van der Waals surface area contributed by atoms with Gasteiger partial charge >= 0.3 is 16.2 Å². The number of hydrogen-bond acceptors (Lipinski definition) is 3. The number of rotatable bonds is 5. The Kier molecular flexibility index (Phi) is 4.69. The third-order valence-corrected chi connectivity index (χ3v) is 5.40. The van der Waals surface area contributed by atoms with Gasteiger partial charge < -0.3 is 4.74 Å². The number of esters is 1. The van der Waals surface area contributed by atoms with Crippen molar-refractivity contribution in [1.29, 1.82) is 0 Å². The monoisotopic (exact) mass is 386 g/mol. The van der Waals surface area contributed by atoms with Crippen LogP contribution in [0.1, 0.15) is 44.1 Å². The van der Waals surface area contributed by atoms with Crippen LogP contribution in [-0.2, 0) is 14.3 Å². The van der Waals surface area contributed by atoms with Crippen LogP contribution >= 0.6 is 10.2 Å². The van der Waals surface area contributed by atoms with Crippen molar-refractivity contribution in [2.75, 3.05) is 6.61 Å². The van der Waals surface area contributed by atoms with Crippen LogP contribution in [0.4, 0.5) is 19.4 Å². The SMILES string of the molecule is CCOC(=O)C[C@H]1CCCC(=O)[C@@H]1c1ccc(S(F)(F)(F)(F)F)cc1. The lowest BCUT2D eigenvalue weighted by Crippen LogP contribution is -2.29. The molecular weight excluding hydrogens is 367 g/mol. The largest absolute Gasteiger partial charge is 0.466 e. The zero-order valence-corrected chi connectivity index (χ0v) is 14.3. The van der Waals surface area contributed by atoms with E-state index in [2.05, 4.69) is 0 Å². The molecule has 1 saturated carbocycles. The molecule has 1 fully saturated rings. The fourth-order valence-corrected chi connectivity index (χ4v) is 3.82. The lowest BCUT2D eigenvalue weighted by Gasteiger charge is -2.40. The molecule has 0 aromatic heterocycles. The Morgan fingerprint density at radius 2 is 1.76 bits per heavy atom. The molecule has 0 saturated heterocycles. The first-order valence-corrected chi connectivity index (χ1v) is 9.79. The van der Waals surface area contributed by atoms with Crippen LogP contribution < -0.4 is 0 Å². The first kappa shape index (κ1) is 19.7. The molecule has 0 radical (unpaired) electrons. The summed E-state index contributed by atoms with van der Waals surface area (Å²) in [5, 5.41) is 0. The fourth-order valence-electron chi connectivity index (χ4n) is 3.17. The summed E-state index contributed by atoms with van der Waals surface area (Å²) >= 11 is 0. The zero-order valence-electron chi connectivity index (χ0n) is 13.5. The third kappa shape index (κ3) is 4.93. The third-order valence-electron chi connectivity index (χ3n) is 4.24. The second-order valence-corrected chi connectivity index (χ2v) is 8.55. The maximum absolute atomic E-state index is 12.8. The normalized spacial score (nSPS) is 24.3. The minimum Gasteiger partial charge on any atom is -0.466 e. The molecule has 1 aromatic rings. The van der Waals surface area contributed by atoms with Gasteiger partial charge in [0, 0.05) is 18.8 Å². The molecule has 0 heterocycles. The number of ether oxygens (including phenoxy) is 1. The molecule has 1 aromatic carbocycles. The van der Waals surface area contributed by atoms with Crippen LogP contribution in [0.3, 0.4) is 0 Å². The van der Waals surface area contributed by atoms with E-state index in [1.807, 2.05) is 0 Å². The Hall–Kier alpha value is -1.64. The van der Waals surface area contributed by atoms with Crippen LogP contribution in [0.5, 0.6) is 0 Å². The Morgan fingerprint density at radius 3 is 2.28 bits per heavy atom. The van der Waals surface area contributed by atoms with Gasteiger partial charge in [-0.2, -0.15) is 0 Å². The smallest absolute Gasteiger partial charge is 0.310 e. The highest BCUT2D eigenvalue weighted by Gasteiger charge is 2.65. The van der Waals surface area contributed by atoms with Gasteiger partial charge in [-0.25, -0.2) is 0 Å². The lowest BCUT2D eigenvalue weighted by molar-refractivity contribution is -0.145. The highest BCUT2D eigenvalue weighted by atomic mass is 32.5. The number of hydrogen-bond donors (Lipinski definition) is 0. The summed E-state index contributed by atoms with van der Waals surface area (Å²) in [5.74, 6) is -1.90. The van der Waals surface area contributed by atoms with Gasteiger partial charge in [-0.05, 0) is 43.4 Å². The molecule has 0 N–H and O–H groups in total. The number of ketones is 1. The van der Waals surface area contributed by atoms with Gasteiger partial charge in [-0.1, -0.05) is 31.6 Å². The van der Waals surface area contributed by atoms with Crippen molar-refractivity contribution in [3.63, 3.8) is 0 Å². The van der Waals surface area contributed by atoms with E-state index in [1.54, 1.807) is 6.92 Å². The van der Waals surface area contributed by atoms with Gasteiger partial charge in [0.05, 0.1) is 6.61 Å². The number of Topliss-reactive ketones (excluding diaryl/α,β-unsaturated/α-hetero) is 1. The molecular formula is C16H19F5O3S. The van der Waals surface area contributed by atoms with Crippen LogP contribution in [-0.4, -0.2) is 18.4 Å². The molecule has 1 aliphatic rings.